The average Bonchev–Trinajstić information content (AvgIpc) is 2.21. The highest BCUT2D eigenvalue weighted by Crippen LogP contribution is 2.11. The van der Waals surface area contributed by atoms with Gasteiger partial charge in [0.15, 0.2) is 0 Å². The van der Waals surface area contributed by atoms with Gasteiger partial charge in [-0.2, -0.15) is 5.26 Å². The molecular formula is C13H16N2O. The van der Waals surface area contributed by atoms with Gasteiger partial charge in [-0.1, -0.05) is 6.07 Å². The highest BCUT2D eigenvalue weighted by atomic mass is 16.1. The van der Waals surface area contributed by atoms with Crippen LogP contribution in [0.1, 0.15) is 35.3 Å². The molecule has 1 aromatic carbocycles. The Hall–Kier alpha value is -1.82. The summed E-state index contributed by atoms with van der Waals surface area (Å²) in [6.45, 7) is 7.30. The molecule has 1 aromatic rings. The second-order valence-corrected chi connectivity index (χ2v) is 4.49. The maximum absolute atomic E-state index is 11.8. The molecule has 0 saturated carbocycles. The van der Waals surface area contributed by atoms with E-state index in [1.807, 2.05) is 32.0 Å². The molecule has 0 unspecified atom stereocenters. The summed E-state index contributed by atoms with van der Waals surface area (Å²) in [5.41, 5.74) is 1.97. The number of carbonyl (C=O) groups excluding carboxylic acids is 1. The van der Waals surface area contributed by atoms with Crippen LogP contribution in [0, 0.1) is 25.2 Å². The highest BCUT2D eigenvalue weighted by molar-refractivity contribution is 5.95. The van der Waals surface area contributed by atoms with E-state index in [0.717, 1.165) is 11.1 Å². The molecule has 0 spiro atoms. The summed E-state index contributed by atoms with van der Waals surface area (Å²) in [7, 11) is 0. The average molecular weight is 216 g/mol. The summed E-state index contributed by atoms with van der Waals surface area (Å²) in [5.74, 6) is -0.213. The summed E-state index contributed by atoms with van der Waals surface area (Å²) in [6.07, 6.45) is 0. The zero-order valence-electron chi connectivity index (χ0n) is 10.1. The molecule has 84 valence electrons. The fraction of sp³-hybridized carbons (Fsp3) is 0.385. The third kappa shape index (κ3) is 2.83. The summed E-state index contributed by atoms with van der Waals surface area (Å²) in [4.78, 5) is 11.8. The van der Waals surface area contributed by atoms with E-state index in [-0.39, 0.29) is 5.91 Å². The molecule has 16 heavy (non-hydrogen) atoms. The van der Waals surface area contributed by atoms with Crippen molar-refractivity contribution >= 4 is 5.91 Å². The van der Waals surface area contributed by atoms with E-state index >= 15 is 0 Å². The third-order valence-corrected chi connectivity index (χ3v) is 2.47. The number of hydrogen-bond donors (Lipinski definition) is 1. The van der Waals surface area contributed by atoms with Gasteiger partial charge in [0.25, 0.3) is 5.91 Å². The Balaban J connectivity index is 2.91. The van der Waals surface area contributed by atoms with Gasteiger partial charge in [0.2, 0.25) is 0 Å². The van der Waals surface area contributed by atoms with E-state index in [9.17, 15) is 4.79 Å². The molecule has 3 nitrogen and oxygen atoms in total. The number of nitrogens with one attached hydrogen (secondary N) is 1. The quantitative estimate of drug-likeness (QED) is 0.824. The molecule has 1 rings (SSSR count). The second-order valence-electron chi connectivity index (χ2n) is 4.49. The van der Waals surface area contributed by atoms with Crippen LogP contribution in [-0.4, -0.2) is 11.4 Å². The predicted octanol–water partition coefficient (Wildman–Crippen LogP) is 2.34. The van der Waals surface area contributed by atoms with Gasteiger partial charge in [-0.05, 0) is 51.0 Å². The zero-order chi connectivity index (χ0) is 12.3. The monoisotopic (exact) mass is 216 g/mol. The van der Waals surface area contributed by atoms with Gasteiger partial charge in [-0.3, -0.25) is 4.79 Å². The van der Waals surface area contributed by atoms with Crippen molar-refractivity contribution in [2.75, 3.05) is 0 Å². The van der Waals surface area contributed by atoms with E-state index in [2.05, 4.69) is 5.32 Å². The van der Waals surface area contributed by atoms with Crippen LogP contribution in [0.2, 0.25) is 0 Å². The molecule has 0 atom stereocenters. The van der Waals surface area contributed by atoms with Gasteiger partial charge in [-0.15, -0.1) is 0 Å². The smallest absolute Gasteiger partial charge is 0.252 e. The highest BCUT2D eigenvalue weighted by Gasteiger charge is 2.20. The van der Waals surface area contributed by atoms with E-state index < -0.39 is 5.54 Å². The predicted molar refractivity (Wildman–Crippen MR) is 63.1 cm³/mol. The van der Waals surface area contributed by atoms with E-state index in [1.54, 1.807) is 19.9 Å². The van der Waals surface area contributed by atoms with E-state index in [4.69, 9.17) is 5.26 Å². The lowest BCUT2D eigenvalue weighted by Gasteiger charge is -2.17. The first-order chi connectivity index (χ1) is 7.35. The fourth-order valence-corrected chi connectivity index (χ4v) is 1.27. The van der Waals surface area contributed by atoms with Crippen molar-refractivity contribution in [3.63, 3.8) is 0 Å². The molecule has 1 amide bonds. The van der Waals surface area contributed by atoms with Gasteiger partial charge >= 0.3 is 0 Å². The van der Waals surface area contributed by atoms with Crippen LogP contribution in [0.4, 0.5) is 0 Å². The lowest BCUT2D eigenvalue weighted by atomic mass is 10.0. The Morgan fingerprint density at radius 3 is 2.44 bits per heavy atom. The van der Waals surface area contributed by atoms with Crippen LogP contribution in [0.15, 0.2) is 18.2 Å². The topological polar surface area (TPSA) is 52.9 Å². The molecule has 0 bridgehead atoms. The molecule has 0 aliphatic rings. The van der Waals surface area contributed by atoms with Crippen molar-refractivity contribution in [1.82, 2.24) is 5.32 Å². The van der Waals surface area contributed by atoms with Crippen molar-refractivity contribution < 1.29 is 4.79 Å². The summed E-state index contributed by atoms with van der Waals surface area (Å²) >= 11 is 0. The Morgan fingerprint density at radius 1 is 1.31 bits per heavy atom. The summed E-state index contributed by atoms with van der Waals surface area (Å²) < 4.78 is 0. The molecule has 3 heteroatoms. The van der Waals surface area contributed by atoms with Gasteiger partial charge in [0.1, 0.15) is 5.54 Å². The van der Waals surface area contributed by atoms with Crippen LogP contribution >= 0.6 is 0 Å². The molecule has 0 aliphatic heterocycles. The van der Waals surface area contributed by atoms with Crippen molar-refractivity contribution in [3.05, 3.63) is 34.9 Å². The minimum absolute atomic E-state index is 0.213. The SMILES string of the molecule is Cc1ccc(C(=O)NC(C)(C)C#N)cc1C. The first kappa shape index (κ1) is 12.3. The van der Waals surface area contributed by atoms with Crippen LogP contribution < -0.4 is 5.32 Å². The van der Waals surface area contributed by atoms with Crippen LogP contribution in [0.5, 0.6) is 0 Å². The number of aryl methyl sites for hydroxylation is 2. The van der Waals surface area contributed by atoms with E-state index in [1.165, 1.54) is 0 Å². The van der Waals surface area contributed by atoms with Gasteiger partial charge in [0, 0.05) is 5.56 Å². The zero-order valence-corrected chi connectivity index (χ0v) is 10.1. The standard InChI is InChI=1S/C13H16N2O/c1-9-5-6-11(7-10(9)2)12(16)15-13(3,4)8-14/h5-7H,1-4H3,(H,15,16). The number of rotatable bonds is 2. The molecule has 0 aromatic heterocycles. The molecular weight excluding hydrogens is 200 g/mol. The Bertz CT molecular complexity index is 455. The number of benzene rings is 1. The number of nitriles is 1. The van der Waals surface area contributed by atoms with Crippen LogP contribution in [-0.2, 0) is 0 Å². The maximum Gasteiger partial charge on any atom is 0.252 e. The van der Waals surface area contributed by atoms with Crippen molar-refractivity contribution in [2.45, 2.75) is 33.2 Å². The lowest BCUT2D eigenvalue weighted by Crippen LogP contribution is -2.42. The van der Waals surface area contributed by atoms with Crippen molar-refractivity contribution in [1.29, 1.82) is 5.26 Å². The summed E-state index contributed by atoms with van der Waals surface area (Å²) in [5, 5.41) is 11.5. The number of nitrogens with zero attached hydrogens (tertiary/aromatic N) is 1. The number of hydrogen-bond acceptors (Lipinski definition) is 2. The largest absolute Gasteiger partial charge is 0.334 e. The molecule has 1 N–H and O–H groups in total. The molecule has 0 radical (unpaired) electrons. The van der Waals surface area contributed by atoms with Crippen LogP contribution in [0.25, 0.3) is 0 Å². The van der Waals surface area contributed by atoms with Gasteiger partial charge < -0.3 is 5.32 Å². The number of carbonyl (C=O) groups is 1. The minimum Gasteiger partial charge on any atom is -0.334 e. The van der Waals surface area contributed by atoms with Crippen molar-refractivity contribution in [2.24, 2.45) is 0 Å². The Labute approximate surface area is 96.1 Å². The molecule has 0 fully saturated rings. The molecule has 0 heterocycles. The van der Waals surface area contributed by atoms with Gasteiger partial charge in [-0.25, -0.2) is 0 Å². The van der Waals surface area contributed by atoms with Gasteiger partial charge in [0.05, 0.1) is 6.07 Å². The van der Waals surface area contributed by atoms with Crippen molar-refractivity contribution in [3.8, 4) is 6.07 Å². The van der Waals surface area contributed by atoms with Crippen LogP contribution in [0.3, 0.4) is 0 Å². The third-order valence-electron chi connectivity index (χ3n) is 2.47. The fourth-order valence-electron chi connectivity index (χ4n) is 1.27. The minimum atomic E-state index is -0.837. The first-order valence-electron chi connectivity index (χ1n) is 5.17. The Morgan fingerprint density at radius 2 is 1.94 bits per heavy atom. The number of amides is 1. The Kier molecular flexibility index (Phi) is 3.34. The maximum atomic E-state index is 11.8. The first-order valence-corrected chi connectivity index (χ1v) is 5.17. The molecule has 0 aliphatic carbocycles. The summed E-state index contributed by atoms with van der Waals surface area (Å²) in [6, 6.07) is 7.54. The molecule has 0 saturated heterocycles. The second kappa shape index (κ2) is 4.36. The normalized spacial score (nSPS) is 10.7. The van der Waals surface area contributed by atoms with E-state index in [0.29, 0.717) is 5.56 Å². The lowest BCUT2D eigenvalue weighted by molar-refractivity contribution is 0.0929.